The zero-order valence-corrected chi connectivity index (χ0v) is 23.2. The summed E-state index contributed by atoms with van der Waals surface area (Å²) in [4.78, 5) is 40.1. The second-order valence-electron chi connectivity index (χ2n) is 10.4. The molecule has 0 saturated carbocycles. The van der Waals surface area contributed by atoms with Crippen LogP contribution in [0.25, 0.3) is 0 Å². The molecule has 1 saturated heterocycles. The lowest BCUT2D eigenvalue weighted by atomic mass is 9.92. The lowest BCUT2D eigenvalue weighted by molar-refractivity contribution is -0.152. The number of anilines is 3. The number of benzene rings is 1. The molecule has 2 aliphatic heterocycles. The van der Waals surface area contributed by atoms with E-state index in [0.717, 1.165) is 62.4 Å². The summed E-state index contributed by atoms with van der Waals surface area (Å²) in [7, 11) is 1.54. The highest BCUT2D eigenvalue weighted by molar-refractivity contribution is 5.79. The first-order chi connectivity index (χ1) is 20.0. The third-order valence-corrected chi connectivity index (χ3v) is 7.64. The molecular weight excluding hydrogens is 524 g/mol. The maximum Gasteiger partial charge on any atom is 0.308 e. The maximum absolute atomic E-state index is 12.3. The van der Waals surface area contributed by atoms with E-state index >= 15 is 0 Å². The number of piperidine rings is 1. The topological polar surface area (TPSA) is 139 Å². The van der Waals surface area contributed by atoms with E-state index in [4.69, 9.17) is 14.5 Å². The smallest absolute Gasteiger partial charge is 0.308 e. The second kappa shape index (κ2) is 13.3. The number of fused-ring (bicyclic) bond motifs is 1. The van der Waals surface area contributed by atoms with Crippen LogP contribution in [-0.4, -0.2) is 65.3 Å². The maximum atomic E-state index is 12.3. The number of ether oxygens (including phenoxy) is 2. The summed E-state index contributed by atoms with van der Waals surface area (Å²) in [5.74, 6) is 0.176. The van der Waals surface area contributed by atoms with Crippen LogP contribution in [0.5, 0.6) is 5.75 Å². The summed E-state index contributed by atoms with van der Waals surface area (Å²) in [6.07, 6.45) is 5.23. The third-order valence-electron chi connectivity index (χ3n) is 7.64. The van der Waals surface area contributed by atoms with Gasteiger partial charge in [0.05, 0.1) is 19.4 Å². The molecule has 2 aromatic heterocycles. The normalized spacial score (nSPS) is 15.8. The Balaban J connectivity index is 1.18. The van der Waals surface area contributed by atoms with Crippen molar-refractivity contribution in [1.29, 1.82) is 0 Å². The first-order valence-electron chi connectivity index (χ1n) is 14.1. The molecule has 3 N–H and O–H groups in total. The molecule has 216 valence electrons. The summed E-state index contributed by atoms with van der Waals surface area (Å²) in [6, 6.07) is 13.6. The number of aliphatic carboxylic acids is 1. The summed E-state index contributed by atoms with van der Waals surface area (Å²) < 4.78 is 11.0. The van der Waals surface area contributed by atoms with Crippen molar-refractivity contribution < 1.29 is 24.2 Å². The van der Waals surface area contributed by atoms with Crippen LogP contribution in [0.2, 0.25) is 0 Å². The van der Waals surface area contributed by atoms with Gasteiger partial charge in [0, 0.05) is 37.8 Å². The van der Waals surface area contributed by atoms with Crippen LogP contribution in [0, 0.1) is 5.92 Å². The molecule has 11 heteroatoms. The number of hydrogen-bond acceptors (Lipinski definition) is 10. The zero-order valence-electron chi connectivity index (χ0n) is 23.2. The Morgan fingerprint density at radius 1 is 1.15 bits per heavy atom. The number of aryl methyl sites for hydroxylation is 1. The lowest BCUT2D eigenvalue weighted by Crippen LogP contribution is -2.34. The number of aromatic nitrogens is 3. The van der Waals surface area contributed by atoms with Crippen LogP contribution in [0.15, 0.2) is 48.8 Å². The largest absolute Gasteiger partial charge is 0.490 e. The number of nitrogens with zero attached hydrogens (tertiary/aromatic N) is 4. The van der Waals surface area contributed by atoms with Crippen molar-refractivity contribution >= 4 is 29.4 Å². The van der Waals surface area contributed by atoms with Crippen LogP contribution < -0.4 is 20.3 Å². The Morgan fingerprint density at radius 2 is 1.95 bits per heavy atom. The minimum absolute atomic E-state index is 0.0251. The van der Waals surface area contributed by atoms with Gasteiger partial charge in [0.15, 0.2) is 11.6 Å². The molecule has 41 heavy (non-hydrogen) atoms. The van der Waals surface area contributed by atoms with Gasteiger partial charge in [-0.2, -0.15) is 0 Å². The number of carbonyl (C=O) groups excluding carboxylic acids is 1. The van der Waals surface area contributed by atoms with E-state index in [1.807, 2.05) is 30.3 Å². The molecule has 2 aliphatic rings. The summed E-state index contributed by atoms with van der Waals surface area (Å²) in [5.41, 5.74) is 3.25. The van der Waals surface area contributed by atoms with E-state index in [0.29, 0.717) is 23.3 Å². The van der Waals surface area contributed by atoms with E-state index in [2.05, 4.69) is 37.6 Å². The van der Waals surface area contributed by atoms with E-state index in [9.17, 15) is 14.7 Å². The standard InChI is InChI=1S/C30H36N6O5/c1-40-26-28(32-17-23(30(38)39)16-25(37)41-18-20-6-3-2-4-7-20)33-19-34-29(26)36-14-11-21(12-15-36)24-10-9-22-8-5-13-31-27(22)35-24/h2-4,6-7,9-10,19,21,23H,5,8,11-18H2,1H3,(H,31,35)(H,38,39)(H,32,33,34)/t23-/m0/s1. The van der Waals surface area contributed by atoms with Gasteiger partial charge >= 0.3 is 11.9 Å². The van der Waals surface area contributed by atoms with Crippen LogP contribution in [0.1, 0.15) is 48.4 Å². The molecule has 0 aliphatic carbocycles. The number of nitrogens with one attached hydrogen (secondary N) is 2. The predicted octanol–water partition coefficient (Wildman–Crippen LogP) is 3.87. The highest BCUT2D eigenvalue weighted by atomic mass is 16.5. The number of carboxylic acid groups (broad SMARTS) is 1. The van der Waals surface area contributed by atoms with Gasteiger partial charge in [-0.25, -0.2) is 15.0 Å². The van der Waals surface area contributed by atoms with Gasteiger partial charge in [0.2, 0.25) is 5.75 Å². The molecule has 0 bridgehead atoms. The molecular formula is C30H36N6O5. The summed E-state index contributed by atoms with van der Waals surface area (Å²) in [6.45, 7) is 2.59. The number of rotatable bonds is 11. The van der Waals surface area contributed by atoms with Crippen molar-refractivity contribution in [2.45, 2.75) is 44.6 Å². The van der Waals surface area contributed by atoms with Crippen molar-refractivity contribution in [2.24, 2.45) is 5.92 Å². The van der Waals surface area contributed by atoms with Gasteiger partial charge in [0.1, 0.15) is 18.8 Å². The zero-order chi connectivity index (χ0) is 28.6. The quantitative estimate of drug-likeness (QED) is 0.295. The fourth-order valence-electron chi connectivity index (χ4n) is 5.33. The average molecular weight is 561 g/mol. The lowest BCUT2D eigenvalue weighted by Gasteiger charge is -2.33. The molecule has 1 aromatic carbocycles. The van der Waals surface area contributed by atoms with Gasteiger partial charge in [-0.15, -0.1) is 0 Å². The fraction of sp³-hybridized carbons (Fsp3) is 0.433. The van der Waals surface area contributed by atoms with Crippen LogP contribution in [-0.2, 0) is 27.4 Å². The Morgan fingerprint density at radius 3 is 2.71 bits per heavy atom. The minimum Gasteiger partial charge on any atom is -0.490 e. The summed E-state index contributed by atoms with van der Waals surface area (Å²) >= 11 is 0. The van der Waals surface area contributed by atoms with Crippen LogP contribution in [0.4, 0.5) is 17.5 Å². The van der Waals surface area contributed by atoms with Crippen molar-refractivity contribution in [3.8, 4) is 5.75 Å². The van der Waals surface area contributed by atoms with E-state index in [1.54, 1.807) is 7.11 Å². The van der Waals surface area contributed by atoms with E-state index in [1.165, 1.54) is 11.9 Å². The SMILES string of the molecule is COc1c(NC[C@H](CC(=O)OCc2ccccc2)C(=O)O)ncnc1N1CCC(c2ccc3c(n2)NCCC3)CC1. The Bertz CT molecular complexity index is 1350. The second-order valence-corrected chi connectivity index (χ2v) is 10.4. The molecule has 4 heterocycles. The third kappa shape index (κ3) is 7.03. The number of hydrogen-bond donors (Lipinski definition) is 3. The van der Waals surface area contributed by atoms with Crippen molar-refractivity contribution in [2.75, 3.05) is 48.8 Å². The Kier molecular flexibility index (Phi) is 9.12. The highest BCUT2D eigenvalue weighted by Gasteiger charge is 2.28. The first-order valence-corrected chi connectivity index (χ1v) is 14.1. The van der Waals surface area contributed by atoms with Crippen molar-refractivity contribution in [1.82, 2.24) is 15.0 Å². The molecule has 3 aromatic rings. The molecule has 1 atom stereocenters. The Hall–Kier alpha value is -4.41. The number of carbonyl (C=O) groups is 2. The van der Waals surface area contributed by atoms with Gasteiger partial charge < -0.3 is 30.1 Å². The van der Waals surface area contributed by atoms with Crippen LogP contribution in [0.3, 0.4) is 0 Å². The fourth-order valence-corrected chi connectivity index (χ4v) is 5.33. The molecule has 0 unspecified atom stereocenters. The molecule has 0 amide bonds. The first kappa shape index (κ1) is 28.1. The molecule has 0 spiro atoms. The van der Waals surface area contributed by atoms with Gasteiger partial charge in [0.25, 0.3) is 0 Å². The summed E-state index contributed by atoms with van der Waals surface area (Å²) in [5, 5.41) is 16.2. The van der Waals surface area contributed by atoms with E-state index in [-0.39, 0.29) is 19.6 Å². The molecule has 1 fully saturated rings. The average Bonchev–Trinajstić information content (AvgIpc) is 3.02. The predicted molar refractivity (Wildman–Crippen MR) is 154 cm³/mol. The van der Waals surface area contributed by atoms with Gasteiger partial charge in [-0.1, -0.05) is 36.4 Å². The highest BCUT2D eigenvalue weighted by Crippen LogP contribution is 2.36. The van der Waals surface area contributed by atoms with Crippen molar-refractivity contribution in [3.05, 3.63) is 65.6 Å². The molecule has 0 radical (unpaired) electrons. The van der Waals surface area contributed by atoms with Gasteiger partial charge in [-0.3, -0.25) is 9.59 Å². The monoisotopic (exact) mass is 560 g/mol. The Labute approximate surface area is 239 Å². The van der Waals surface area contributed by atoms with Gasteiger partial charge in [-0.05, 0) is 42.9 Å². The number of esters is 1. The number of pyridine rings is 1. The van der Waals surface area contributed by atoms with E-state index < -0.39 is 17.9 Å². The molecule has 11 nitrogen and oxygen atoms in total. The van der Waals surface area contributed by atoms with Crippen molar-refractivity contribution in [3.63, 3.8) is 0 Å². The van der Waals surface area contributed by atoms with Crippen LogP contribution >= 0.6 is 0 Å². The number of carboxylic acids is 1. The minimum atomic E-state index is -1.10. The molecule has 5 rings (SSSR count). The number of methoxy groups -OCH3 is 1.